The van der Waals surface area contributed by atoms with Crippen molar-refractivity contribution in [1.82, 2.24) is 4.31 Å². The maximum Gasteiger partial charge on any atom is 0.257 e. The first-order valence-electron chi connectivity index (χ1n) is 9.28. The normalized spacial score (nSPS) is 14.9. The largest absolute Gasteiger partial charge is 0.371 e. The van der Waals surface area contributed by atoms with E-state index >= 15 is 0 Å². The molecule has 1 aliphatic heterocycles. The van der Waals surface area contributed by atoms with E-state index in [4.69, 9.17) is 0 Å². The molecule has 1 saturated heterocycles. The lowest BCUT2D eigenvalue weighted by molar-refractivity contribution is 0.102. The van der Waals surface area contributed by atoms with Gasteiger partial charge >= 0.3 is 0 Å². The number of hydrogen-bond donors (Lipinski definition) is 1. The first kappa shape index (κ1) is 21.7. The number of sulfonamides is 1. The summed E-state index contributed by atoms with van der Waals surface area (Å²) in [6.45, 7) is 1.57. The number of amides is 1. The van der Waals surface area contributed by atoms with Crippen LogP contribution in [0.25, 0.3) is 0 Å². The van der Waals surface area contributed by atoms with Crippen molar-refractivity contribution in [2.24, 2.45) is 0 Å². The number of carbonyl (C=O) groups is 1. The molecule has 0 aromatic heterocycles. The van der Waals surface area contributed by atoms with Crippen LogP contribution in [0.4, 0.5) is 15.8 Å². The summed E-state index contributed by atoms with van der Waals surface area (Å²) in [7, 11) is -0.842. The Bertz CT molecular complexity index is 1020. The van der Waals surface area contributed by atoms with Gasteiger partial charge in [-0.2, -0.15) is 0 Å². The van der Waals surface area contributed by atoms with Crippen molar-refractivity contribution < 1.29 is 17.6 Å². The zero-order chi connectivity index (χ0) is 21.2. The minimum absolute atomic E-state index is 0.0182. The van der Waals surface area contributed by atoms with E-state index in [1.54, 1.807) is 12.1 Å². The Hall–Kier alpha value is -1.97. The monoisotopic (exact) mass is 483 g/mol. The van der Waals surface area contributed by atoms with Gasteiger partial charge in [-0.15, -0.1) is 0 Å². The van der Waals surface area contributed by atoms with Crippen LogP contribution >= 0.6 is 15.9 Å². The summed E-state index contributed by atoms with van der Waals surface area (Å²) < 4.78 is 41.0. The smallest absolute Gasteiger partial charge is 0.257 e. The Balaban J connectivity index is 2.03. The topological polar surface area (TPSA) is 69.7 Å². The number of carbonyl (C=O) groups excluding carboxylic acids is 1. The molecule has 29 heavy (non-hydrogen) atoms. The standard InChI is InChI=1S/C20H23BrFN3O3S/c1-24(2)29(27,28)15-7-9-19(25-10-4-3-5-11-25)16(13-15)20(26)23-18-8-6-14(21)12-17(18)22/h6-9,12-13H,3-5,10-11H2,1-2H3,(H,23,26). The Labute approximate surface area is 178 Å². The van der Waals surface area contributed by atoms with Crippen LogP contribution in [0.3, 0.4) is 0 Å². The van der Waals surface area contributed by atoms with Gasteiger partial charge < -0.3 is 10.2 Å². The van der Waals surface area contributed by atoms with Gasteiger partial charge in [-0.1, -0.05) is 15.9 Å². The molecule has 1 N–H and O–H groups in total. The molecule has 0 saturated carbocycles. The zero-order valence-electron chi connectivity index (χ0n) is 16.3. The fourth-order valence-corrected chi connectivity index (χ4v) is 4.52. The second-order valence-electron chi connectivity index (χ2n) is 7.09. The molecule has 1 heterocycles. The summed E-state index contributed by atoms with van der Waals surface area (Å²) in [6, 6.07) is 8.87. The molecule has 6 nitrogen and oxygen atoms in total. The van der Waals surface area contributed by atoms with E-state index in [1.807, 2.05) is 0 Å². The van der Waals surface area contributed by atoms with Crippen molar-refractivity contribution in [3.05, 3.63) is 52.3 Å². The van der Waals surface area contributed by atoms with E-state index in [2.05, 4.69) is 26.1 Å². The van der Waals surface area contributed by atoms with Crippen LogP contribution in [0, 0.1) is 5.82 Å². The van der Waals surface area contributed by atoms with E-state index in [9.17, 15) is 17.6 Å². The average molecular weight is 484 g/mol. The highest BCUT2D eigenvalue weighted by molar-refractivity contribution is 9.10. The van der Waals surface area contributed by atoms with Crippen molar-refractivity contribution in [3.63, 3.8) is 0 Å². The second-order valence-corrected chi connectivity index (χ2v) is 10.2. The molecular weight excluding hydrogens is 461 g/mol. The molecule has 2 aromatic rings. The van der Waals surface area contributed by atoms with E-state index in [0.29, 0.717) is 10.2 Å². The summed E-state index contributed by atoms with van der Waals surface area (Å²) in [5.74, 6) is -1.13. The van der Waals surface area contributed by atoms with Crippen LogP contribution in [-0.2, 0) is 10.0 Å². The second kappa shape index (κ2) is 8.81. The molecule has 156 valence electrons. The molecule has 1 amide bonds. The highest BCUT2D eigenvalue weighted by atomic mass is 79.9. The summed E-state index contributed by atoms with van der Waals surface area (Å²) in [5, 5.41) is 2.57. The molecule has 1 fully saturated rings. The number of nitrogens with one attached hydrogen (secondary N) is 1. The van der Waals surface area contributed by atoms with Crippen molar-refractivity contribution in [1.29, 1.82) is 0 Å². The lowest BCUT2D eigenvalue weighted by atomic mass is 10.1. The van der Waals surface area contributed by atoms with Gasteiger partial charge in [-0.05, 0) is 55.7 Å². The van der Waals surface area contributed by atoms with Gasteiger partial charge in [-0.25, -0.2) is 17.1 Å². The van der Waals surface area contributed by atoms with Crippen LogP contribution in [-0.4, -0.2) is 45.8 Å². The number of benzene rings is 2. The third kappa shape index (κ3) is 4.79. The highest BCUT2D eigenvalue weighted by Crippen LogP contribution is 2.29. The van der Waals surface area contributed by atoms with Gasteiger partial charge in [0.05, 0.1) is 16.1 Å². The number of hydrogen-bond acceptors (Lipinski definition) is 4. The molecule has 9 heteroatoms. The van der Waals surface area contributed by atoms with E-state index in [-0.39, 0.29) is 16.1 Å². The molecule has 1 aliphatic rings. The molecule has 0 radical (unpaired) electrons. The molecule has 0 spiro atoms. The predicted octanol–water partition coefficient (Wildman–Crippen LogP) is 4.08. The van der Waals surface area contributed by atoms with Gasteiger partial charge in [0.25, 0.3) is 5.91 Å². The Morgan fingerprint density at radius 2 is 1.79 bits per heavy atom. The van der Waals surface area contributed by atoms with Crippen LogP contribution < -0.4 is 10.2 Å². The minimum atomic E-state index is -3.71. The van der Waals surface area contributed by atoms with Crippen LogP contribution in [0.15, 0.2) is 45.8 Å². The van der Waals surface area contributed by atoms with Gasteiger partial charge in [0, 0.05) is 37.3 Å². The Morgan fingerprint density at radius 1 is 1.10 bits per heavy atom. The third-order valence-electron chi connectivity index (χ3n) is 4.87. The number of piperidine rings is 1. The van der Waals surface area contributed by atoms with Crippen LogP contribution in [0.2, 0.25) is 0 Å². The van der Waals surface area contributed by atoms with Gasteiger partial charge in [0.15, 0.2) is 0 Å². The summed E-state index contributed by atoms with van der Waals surface area (Å²) >= 11 is 3.19. The van der Waals surface area contributed by atoms with E-state index in [0.717, 1.165) is 36.7 Å². The highest BCUT2D eigenvalue weighted by Gasteiger charge is 2.24. The van der Waals surface area contributed by atoms with Gasteiger partial charge in [-0.3, -0.25) is 4.79 Å². The van der Waals surface area contributed by atoms with Crippen molar-refractivity contribution in [2.75, 3.05) is 37.4 Å². The lowest BCUT2D eigenvalue weighted by Gasteiger charge is -2.30. The quantitative estimate of drug-likeness (QED) is 0.695. The van der Waals surface area contributed by atoms with Gasteiger partial charge in [0.1, 0.15) is 5.82 Å². The first-order chi connectivity index (χ1) is 13.7. The fourth-order valence-electron chi connectivity index (χ4n) is 3.26. The Kier molecular flexibility index (Phi) is 6.60. The maximum atomic E-state index is 14.2. The molecule has 0 bridgehead atoms. The van der Waals surface area contributed by atoms with E-state index < -0.39 is 21.7 Å². The lowest BCUT2D eigenvalue weighted by Crippen LogP contribution is -2.32. The van der Waals surface area contributed by atoms with Crippen molar-refractivity contribution >= 4 is 43.2 Å². The van der Waals surface area contributed by atoms with Crippen molar-refractivity contribution in [2.45, 2.75) is 24.2 Å². The summed E-state index contributed by atoms with van der Waals surface area (Å²) in [5.41, 5.74) is 0.887. The van der Waals surface area contributed by atoms with Crippen LogP contribution in [0.5, 0.6) is 0 Å². The molecule has 0 aliphatic carbocycles. The minimum Gasteiger partial charge on any atom is -0.371 e. The molecule has 0 atom stereocenters. The third-order valence-corrected chi connectivity index (χ3v) is 7.17. The number of halogens is 2. The summed E-state index contributed by atoms with van der Waals surface area (Å²) in [6.07, 6.45) is 3.12. The van der Waals surface area contributed by atoms with Gasteiger partial charge in [0.2, 0.25) is 10.0 Å². The van der Waals surface area contributed by atoms with Crippen molar-refractivity contribution in [3.8, 4) is 0 Å². The molecule has 2 aromatic carbocycles. The number of rotatable bonds is 5. The average Bonchev–Trinajstić information content (AvgIpc) is 2.70. The fraction of sp³-hybridized carbons (Fsp3) is 0.350. The molecule has 0 unspecified atom stereocenters. The number of nitrogens with zero attached hydrogens (tertiary/aromatic N) is 2. The first-order valence-corrected chi connectivity index (χ1v) is 11.5. The number of anilines is 2. The SMILES string of the molecule is CN(C)S(=O)(=O)c1ccc(N2CCCCC2)c(C(=O)Nc2ccc(Br)cc2F)c1. The molecule has 3 rings (SSSR count). The predicted molar refractivity (Wildman–Crippen MR) is 115 cm³/mol. The molecular formula is C20H23BrFN3O3S. The summed E-state index contributed by atoms with van der Waals surface area (Å²) in [4.78, 5) is 15.1. The Morgan fingerprint density at radius 3 is 2.41 bits per heavy atom. The van der Waals surface area contributed by atoms with Crippen LogP contribution in [0.1, 0.15) is 29.6 Å². The maximum absolute atomic E-state index is 14.2. The zero-order valence-corrected chi connectivity index (χ0v) is 18.7. The van der Waals surface area contributed by atoms with E-state index in [1.165, 1.54) is 38.4 Å².